The quantitative estimate of drug-likeness (QED) is 0.0956. The van der Waals surface area contributed by atoms with Crippen molar-refractivity contribution in [3.8, 4) is 22.3 Å². The van der Waals surface area contributed by atoms with Crippen molar-refractivity contribution >= 4 is 83.2 Å². The number of nitrogens with zero attached hydrogens (tertiary/aromatic N) is 2. The van der Waals surface area contributed by atoms with E-state index in [1.165, 1.54) is 13.0 Å². The Labute approximate surface area is 405 Å². The van der Waals surface area contributed by atoms with Crippen molar-refractivity contribution in [3.05, 3.63) is 173 Å². The van der Waals surface area contributed by atoms with E-state index < -0.39 is 44.7 Å². The van der Waals surface area contributed by atoms with Crippen LogP contribution in [-0.4, -0.2) is 54.9 Å². The molecule has 362 valence electrons. The summed E-state index contributed by atoms with van der Waals surface area (Å²) >= 11 is 0. The molecule has 9 aromatic carbocycles. The molecule has 1 aliphatic heterocycles. The van der Waals surface area contributed by atoms with Crippen LogP contribution in [0.4, 0.5) is 43.9 Å². The van der Waals surface area contributed by atoms with Gasteiger partial charge in [-0.1, -0.05) is 127 Å². The van der Waals surface area contributed by atoms with Gasteiger partial charge >= 0.3 is 31.5 Å². The first-order valence-electron chi connectivity index (χ1n) is 22.9. The fraction of sp³-hybridized carbons (Fsp3) is 0.175. The number of rotatable bonds is 11. The highest BCUT2D eigenvalue weighted by Crippen LogP contribution is 2.56. The molecular formula is C57H39BF10N2O2. The standard InChI is InChI=1S/C57H39BF10N2O2/c1-30-26-32(3)69-52(30)47(53-31(2)27-33(4)70(53)58(71-28-54(59,60)56(63,64)65)72-29-55(61,62)57(66,67)68)38-24-22-37(23-25-38)46-50-41-20-10-16-34-14-8-18-39(43(34)41)48(50)45(36-12-6-5-7-13-36)49-40-19-9-15-35-17-11-21-42(44(35)40)51(46)49/h5-27H,28-29H2,1-4H3/b52-47-. The summed E-state index contributed by atoms with van der Waals surface area (Å²) in [6.07, 6.45) is -10.6. The molecule has 10 aromatic rings. The number of allylic oxidation sites excluding steroid dienone is 2. The van der Waals surface area contributed by atoms with Gasteiger partial charge in [-0.15, -0.1) is 0 Å². The topological polar surface area (TPSA) is 35.8 Å². The van der Waals surface area contributed by atoms with Crippen LogP contribution < -0.4 is 0 Å². The predicted octanol–water partition coefficient (Wildman–Crippen LogP) is 16.7. The van der Waals surface area contributed by atoms with E-state index in [-0.39, 0.29) is 17.0 Å². The first kappa shape index (κ1) is 47.1. The van der Waals surface area contributed by atoms with E-state index in [1.807, 2.05) is 54.6 Å². The Hall–Kier alpha value is -7.23. The van der Waals surface area contributed by atoms with E-state index in [4.69, 9.17) is 14.3 Å². The smallest absolute Gasteiger partial charge is 0.385 e. The van der Waals surface area contributed by atoms with Crippen molar-refractivity contribution in [2.24, 2.45) is 4.99 Å². The minimum Gasteiger partial charge on any atom is -0.385 e. The van der Waals surface area contributed by atoms with Crippen LogP contribution in [0.15, 0.2) is 156 Å². The lowest BCUT2D eigenvalue weighted by Gasteiger charge is -2.27. The molecule has 0 aliphatic carbocycles. The summed E-state index contributed by atoms with van der Waals surface area (Å²) in [6.45, 7) is 1.49. The number of aromatic nitrogens is 1. The second kappa shape index (κ2) is 16.7. The molecule has 0 unspecified atom stereocenters. The molecule has 4 nitrogen and oxygen atoms in total. The number of fused-ring (bicyclic) bond motifs is 6. The molecule has 0 fully saturated rings. The zero-order valence-electron chi connectivity index (χ0n) is 38.8. The van der Waals surface area contributed by atoms with Crippen LogP contribution in [0.2, 0.25) is 0 Å². The molecule has 11 rings (SSSR count). The van der Waals surface area contributed by atoms with Gasteiger partial charge in [-0.05, 0) is 143 Å². The van der Waals surface area contributed by atoms with Crippen LogP contribution in [0.25, 0.3) is 92.5 Å². The Balaban J connectivity index is 1.17. The lowest BCUT2D eigenvalue weighted by atomic mass is 9.86. The van der Waals surface area contributed by atoms with E-state index in [9.17, 15) is 43.9 Å². The van der Waals surface area contributed by atoms with Crippen molar-refractivity contribution in [1.82, 2.24) is 4.48 Å². The molecule has 0 amide bonds. The maximum Gasteiger partial charge on any atom is 0.598 e. The summed E-state index contributed by atoms with van der Waals surface area (Å²) in [5.74, 6) is -11.1. The highest BCUT2D eigenvalue weighted by molar-refractivity contribution is 6.46. The summed E-state index contributed by atoms with van der Waals surface area (Å²) in [6, 6.07) is 44.4. The van der Waals surface area contributed by atoms with Crippen molar-refractivity contribution in [2.75, 3.05) is 13.2 Å². The second-order valence-electron chi connectivity index (χ2n) is 18.4. The SMILES string of the molecule is CC1=CC(C)=N/C1=C(/c1ccc(-c2c3c4cccc5cccc(c3c(-c3ccccc3)c3c6cccc7cccc(c23)c76)c54)cc1)c1c(C)cc(C)n1B(OCC(F)(F)C(F)(F)F)OCC(F)(F)C(F)(F)F. The molecule has 1 aliphatic rings. The largest absolute Gasteiger partial charge is 0.598 e. The fourth-order valence-electron chi connectivity index (χ4n) is 10.8. The average Bonchev–Trinajstić information content (AvgIpc) is 4.05. The molecular weight excluding hydrogens is 945 g/mol. The number of halogens is 10. The number of hydrogen-bond acceptors (Lipinski definition) is 3. The second-order valence-corrected chi connectivity index (χ2v) is 18.4. The Morgan fingerprint density at radius 2 is 0.944 bits per heavy atom. The van der Waals surface area contributed by atoms with Gasteiger partial charge in [0.15, 0.2) is 0 Å². The van der Waals surface area contributed by atoms with E-state index in [1.54, 1.807) is 26.8 Å². The van der Waals surface area contributed by atoms with Crippen molar-refractivity contribution in [3.63, 3.8) is 0 Å². The average molecular weight is 985 g/mol. The van der Waals surface area contributed by atoms with Gasteiger partial charge in [0.1, 0.15) is 13.2 Å². The van der Waals surface area contributed by atoms with Gasteiger partial charge in [-0.2, -0.15) is 43.9 Å². The number of alkyl halides is 10. The first-order chi connectivity index (χ1) is 34.2. The number of hydrogen-bond donors (Lipinski definition) is 0. The van der Waals surface area contributed by atoms with Crippen molar-refractivity contribution in [2.45, 2.75) is 51.9 Å². The number of aryl methyl sites for hydroxylation is 2. The van der Waals surface area contributed by atoms with E-state index in [0.717, 1.165) is 91.4 Å². The summed E-state index contributed by atoms with van der Waals surface area (Å²) in [7, 11) is -2.64. The third-order valence-corrected chi connectivity index (χ3v) is 13.7. The van der Waals surface area contributed by atoms with Crippen molar-refractivity contribution in [1.29, 1.82) is 0 Å². The summed E-state index contributed by atoms with van der Waals surface area (Å²) in [5, 5.41) is 12.8. The number of benzene rings is 7. The van der Waals surface area contributed by atoms with Crippen LogP contribution in [0.3, 0.4) is 0 Å². The highest BCUT2D eigenvalue weighted by atomic mass is 19.4. The van der Waals surface area contributed by atoms with Crippen LogP contribution in [0, 0.1) is 13.8 Å². The fourth-order valence-corrected chi connectivity index (χ4v) is 10.8. The molecule has 0 N–H and O–H groups in total. The third-order valence-electron chi connectivity index (χ3n) is 13.7. The van der Waals surface area contributed by atoms with Crippen LogP contribution in [0.1, 0.15) is 36.4 Å². The highest BCUT2D eigenvalue weighted by Gasteiger charge is 2.60. The van der Waals surface area contributed by atoms with E-state index >= 15 is 0 Å². The Morgan fingerprint density at radius 1 is 0.514 bits per heavy atom. The summed E-state index contributed by atoms with van der Waals surface area (Å²) < 4.78 is 150. The minimum absolute atomic E-state index is 0.00959. The molecule has 2 heterocycles. The Bertz CT molecular complexity index is 3720. The first-order valence-corrected chi connectivity index (χ1v) is 22.9. The van der Waals surface area contributed by atoms with Gasteiger partial charge in [0.05, 0.1) is 5.70 Å². The van der Waals surface area contributed by atoms with Crippen LogP contribution in [-0.2, 0) is 9.31 Å². The van der Waals surface area contributed by atoms with Gasteiger partial charge in [0.2, 0.25) is 0 Å². The Morgan fingerprint density at radius 3 is 1.35 bits per heavy atom. The number of aliphatic imine (C=N–C) groups is 1. The van der Waals surface area contributed by atoms with E-state index in [0.29, 0.717) is 28.1 Å². The van der Waals surface area contributed by atoms with Crippen LogP contribution >= 0.6 is 0 Å². The maximum absolute atomic E-state index is 14.5. The molecule has 1 aromatic heterocycles. The van der Waals surface area contributed by atoms with Gasteiger partial charge in [0.25, 0.3) is 0 Å². The summed E-state index contributed by atoms with van der Waals surface area (Å²) in [5.41, 5.74) is 6.42. The maximum atomic E-state index is 14.5. The molecule has 0 saturated carbocycles. The normalized spacial score (nSPS) is 14.8. The monoisotopic (exact) mass is 984 g/mol. The van der Waals surface area contributed by atoms with E-state index in [2.05, 4.69) is 72.8 Å². The minimum atomic E-state index is -6.16. The zero-order chi connectivity index (χ0) is 50.8. The molecule has 15 heteroatoms. The van der Waals surface area contributed by atoms with Crippen LogP contribution in [0.5, 0.6) is 0 Å². The molecule has 0 atom stereocenters. The van der Waals surface area contributed by atoms with Crippen molar-refractivity contribution < 1.29 is 53.2 Å². The third kappa shape index (κ3) is 7.33. The van der Waals surface area contributed by atoms with Gasteiger partial charge in [0, 0.05) is 22.7 Å². The van der Waals surface area contributed by atoms with Gasteiger partial charge in [-0.3, -0.25) is 4.99 Å². The molecule has 0 saturated heterocycles. The molecule has 0 spiro atoms. The summed E-state index contributed by atoms with van der Waals surface area (Å²) in [4.78, 5) is 4.78. The predicted molar refractivity (Wildman–Crippen MR) is 267 cm³/mol. The lowest BCUT2D eigenvalue weighted by Crippen LogP contribution is -2.48. The van der Waals surface area contributed by atoms with Gasteiger partial charge in [-0.25, -0.2) is 0 Å². The van der Waals surface area contributed by atoms with Gasteiger partial charge < -0.3 is 13.8 Å². The zero-order valence-corrected chi connectivity index (χ0v) is 38.8. The molecule has 72 heavy (non-hydrogen) atoms. The lowest BCUT2D eigenvalue weighted by molar-refractivity contribution is -0.295. The molecule has 0 radical (unpaired) electrons. The Kier molecular flexibility index (Phi) is 10.9. The molecule has 0 bridgehead atoms.